The molecule has 3 heterocycles. The summed E-state index contributed by atoms with van der Waals surface area (Å²) in [5.41, 5.74) is -1.10. The van der Waals surface area contributed by atoms with Crippen LogP contribution >= 0.6 is 0 Å². The molecule has 0 bridgehead atoms. The normalized spacial score (nSPS) is 18.5. The highest BCUT2D eigenvalue weighted by Gasteiger charge is 2.40. The number of methoxy groups -OCH3 is 1. The van der Waals surface area contributed by atoms with Crippen LogP contribution in [0.25, 0.3) is 10.9 Å². The first-order valence-corrected chi connectivity index (χ1v) is 17.7. The van der Waals surface area contributed by atoms with E-state index in [4.69, 9.17) is 14.2 Å². The van der Waals surface area contributed by atoms with Crippen molar-refractivity contribution in [3.05, 3.63) is 78.2 Å². The minimum Gasteiger partial charge on any atom is -0.493 e. The van der Waals surface area contributed by atoms with Gasteiger partial charge in [0.15, 0.2) is 41.2 Å². The second kappa shape index (κ2) is 16.8. The third-order valence-corrected chi connectivity index (χ3v) is 9.67. The monoisotopic (exact) mass is 764 g/mol. The van der Waals surface area contributed by atoms with Gasteiger partial charge in [0.2, 0.25) is 0 Å². The van der Waals surface area contributed by atoms with Gasteiger partial charge in [-0.05, 0) is 87.8 Å². The van der Waals surface area contributed by atoms with E-state index in [2.05, 4.69) is 27.2 Å². The van der Waals surface area contributed by atoms with E-state index in [1.54, 1.807) is 18.2 Å². The fourth-order valence-electron chi connectivity index (χ4n) is 6.51. The summed E-state index contributed by atoms with van der Waals surface area (Å²) in [4.78, 5) is 45.6. The molecular formula is C39H40F4N6O6. The summed E-state index contributed by atoms with van der Waals surface area (Å²) in [6.45, 7) is 5.91. The van der Waals surface area contributed by atoms with Crippen LogP contribution in [0.1, 0.15) is 31.7 Å². The number of hydrogen-bond donors (Lipinski definition) is 1. The predicted molar refractivity (Wildman–Crippen MR) is 197 cm³/mol. The quantitative estimate of drug-likeness (QED) is 0.0913. The number of anilines is 2. The van der Waals surface area contributed by atoms with Gasteiger partial charge in [0.05, 0.1) is 30.5 Å². The Bertz CT molecular complexity index is 2070. The lowest BCUT2D eigenvalue weighted by Crippen LogP contribution is -2.60. The lowest BCUT2D eigenvalue weighted by atomic mass is 9.99. The molecule has 55 heavy (non-hydrogen) atoms. The van der Waals surface area contributed by atoms with Crippen molar-refractivity contribution in [1.29, 1.82) is 0 Å². The van der Waals surface area contributed by atoms with E-state index in [-0.39, 0.29) is 22.9 Å². The number of halogens is 4. The zero-order chi connectivity index (χ0) is 39.3. The number of carbonyl (C=O) groups excluding carboxylic acids is 3. The fourth-order valence-corrected chi connectivity index (χ4v) is 6.51. The zero-order valence-electron chi connectivity index (χ0n) is 30.4. The number of nitrogens with one attached hydrogen (secondary N) is 1. The van der Waals surface area contributed by atoms with Gasteiger partial charge in [-0.15, -0.1) is 0 Å². The molecule has 16 heteroatoms. The number of carbonyl (C=O) groups is 3. The van der Waals surface area contributed by atoms with Crippen LogP contribution in [-0.2, 0) is 20.6 Å². The largest absolute Gasteiger partial charge is 0.493 e. The lowest BCUT2D eigenvalue weighted by Gasteiger charge is -2.40. The van der Waals surface area contributed by atoms with Crippen LogP contribution in [0, 0.1) is 11.7 Å². The maximum Gasteiger partial charge on any atom is 0.416 e. The fraction of sp³-hybridized carbons (Fsp3) is 0.359. The van der Waals surface area contributed by atoms with Gasteiger partial charge in [0.1, 0.15) is 18.1 Å². The number of aromatic nitrogens is 1. The first kappa shape index (κ1) is 39.1. The predicted octanol–water partition coefficient (Wildman–Crippen LogP) is 6.53. The Balaban J connectivity index is 1.17. The molecule has 6 rings (SSSR count). The minimum absolute atomic E-state index is 0.0362. The summed E-state index contributed by atoms with van der Waals surface area (Å²) >= 11 is 0. The highest BCUT2D eigenvalue weighted by Crippen LogP contribution is 2.38. The Labute approximate surface area is 314 Å². The first-order chi connectivity index (χ1) is 26.4. The van der Waals surface area contributed by atoms with Crippen LogP contribution in [0.15, 0.2) is 72.0 Å². The van der Waals surface area contributed by atoms with Crippen molar-refractivity contribution in [3.8, 4) is 23.0 Å². The maximum atomic E-state index is 15.5. The highest BCUT2D eigenvalue weighted by molar-refractivity contribution is 6.47. The summed E-state index contributed by atoms with van der Waals surface area (Å²) in [6, 6.07) is 11.3. The van der Waals surface area contributed by atoms with Crippen molar-refractivity contribution < 1.29 is 46.2 Å². The number of alkyl halides is 3. The van der Waals surface area contributed by atoms with Gasteiger partial charge in [0, 0.05) is 35.9 Å². The maximum absolute atomic E-state index is 15.5. The third-order valence-electron chi connectivity index (χ3n) is 9.67. The summed E-state index contributed by atoms with van der Waals surface area (Å²) in [5.74, 6) is 0.0295. The molecule has 2 atom stereocenters. The van der Waals surface area contributed by atoms with Crippen LogP contribution < -0.4 is 24.5 Å². The third kappa shape index (κ3) is 8.86. The molecule has 1 saturated heterocycles. The number of rotatable bonds is 13. The van der Waals surface area contributed by atoms with E-state index in [0.29, 0.717) is 41.6 Å². The summed E-state index contributed by atoms with van der Waals surface area (Å²) in [7, 11) is 2.86. The molecular weight excluding hydrogens is 724 g/mol. The molecule has 1 amide bonds. The standard InChI is InChI=1S/C39H40F4N6O6/c1-24-11-15-48(16-12-24)14-5-17-54-35-21-30-28(20-34(35)53-3)32(10-13-44-30)55-33-9-8-26(19-29(33)40)45-38(52)37-31(22-50)47(2)36(23-51)49(46-37)27-7-4-6-25(18-27)39(41,42)43/h4,6-10,13,18-24,31,36H,5,11-12,14-17H2,1-3H3,(H,45,52). The van der Waals surface area contributed by atoms with Crippen molar-refractivity contribution in [2.75, 3.05) is 50.7 Å². The van der Waals surface area contributed by atoms with E-state index >= 15 is 4.39 Å². The number of aldehydes is 2. The molecule has 0 radical (unpaired) electrons. The van der Waals surface area contributed by atoms with Crippen molar-refractivity contribution >= 4 is 46.5 Å². The molecule has 0 spiro atoms. The summed E-state index contributed by atoms with van der Waals surface area (Å²) < 4.78 is 73.5. The average Bonchev–Trinajstić information content (AvgIpc) is 3.17. The molecule has 0 saturated carbocycles. The zero-order valence-corrected chi connectivity index (χ0v) is 30.4. The van der Waals surface area contributed by atoms with E-state index < -0.39 is 41.4 Å². The van der Waals surface area contributed by atoms with Gasteiger partial charge in [-0.2, -0.15) is 18.3 Å². The SMILES string of the molecule is COc1cc2c(Oc3ccc(NC(=O)C4=NN(c5cccc(C(F)(F)F)c5)C(C=O)N(C)C4C=O)cc3F)ccnc2cc1OCCCN1CCC(C)CC1. The highest BCUT2D eigenvalue weighted by atomic mass is 19.4. The minimum atomic E-state index is -4.69. The molecule has 2 unspecified atom stereocenters. The molecule has 3 aromatic carbocycles. The summed E-state index contributed by atoms with van der Waals surface area (Å²) in [5, 5.41) is 8.05. The Morgan fingerprint density at radius 3 is 2.45 bits per heavy atom. The Morgan fingerprint density at radius 1 is 0.982 bits per heavy atom. The van der Waals surface area contributed by atoms with Gasteiger partial charge >= 0.3 is 6.18 Å². The van der Waals surface area contributed by atoms with E-state index in [1.807, 2.05) is 0 Å². The Morgan fingerprint density at radius 2 is 1.76 bits per heavy atom. The van der Waals surface area contributed by atoms with Crippen LogP contribution in [0.4, 0.5) is 28.9 Å². The molecule has 0 aliphatic carbocycles. The van der Waals surface area contributed by atoms with Crippen LogP contribution in [-0.4, -0.2) is 91.6 Å². The number of hydrogen-bond acceptors (Lipinski definition) is 11. The van der Waals surface area contributed by atoms with Crippen LogP contribution in [0.3, 0.4) is 0 Å². The average molecular weight is 765 g/mol. The van der Waals surface area contributed by atoms with E-state index in [1.165, 1.54) is 56.3 Å². The van der Waals surface area contributed by atoms with Crippen molar-refractivity contribution in [2.45, 2.75) is 44.6 Å². The molecule has 2 aliphatic rings. The molecule has 1 N–H and O–H groups in total. The van der Waals surface area contributed by atoms with Gasteiger partial charge in [-0.1, -0.05) is 13.0 Å². The molecule has 1 aromatic heterocycles. The molecule has 290 valence electrons. The number of benzene rings is 3. The Hall–Kier alpha value is -5.61. The van der Waals surface area contributed by atoms with Gasteiger partial charge in [0.25, 0.3) is 5.91 Å². The van der Waals surface area contributed by atoms with Crippen LogP contribution in [0.2, 0.25) is 0 Å². The molecule has 4 aromatic rings. The number of likely N-dealkylation sites (N-methyl/N-ethyl adjacent to an activating group) is 1. The molecule has 1 fully saturated rings. The Kier molecular flexibility index (Phi) is 12.0. The van der Waals surface area contributed by atoms with Gasteiger partial charge < -0.3 is 29.2 Å². The van der Waals surface area contributed by atoms with Gasteiger partial charge in [-0.3, -0.25) is 19.5 Å². The first-order valence-electron chi connectivity index (χ1n) is 17.7. The number of nitrogens with zero attached hydrogens (tertiary/aromatic N) is 5. The van der Waals surface area contributed by atoms with Crippen molar-refractivity contribution in [3.63, 3.8) is 0 Å². The number of amides is 1. The second-order valence-corrected chi connectivity index (χ2v) is 13.4. The lowest BCUT2D eigenvalue weighted by molar-refractivity contribution is -0.137. The number of pyridine rings is 1. The number of hydrazone groups is 1. The number of ether oxygens (including phenoxy) is 3. The van der Waals surface area contributed by atoms with E-state index in [9.17, 15) is 27.6 Å². The summed E-state index contributed by atoms with van der Waals surface area (Å²) in [6.07, 6.45) is -0.469. The van der Waals surface area contributed by atoms with Crippen molar-refractivity contribution in [1.82, 2.24) is 14.8 Å². The topological polar surface area (TPSA) is 126 Å². The smallest absolute Gasteiger partial charge is 0.416 e. The van der Waals surface area contributed by atoms with Crippen molar-refractivity contribution in [2.24, 2.45) is 11.0 Å². The molecule has 12 nitrogen and oxygen atoms in total. The van der Waals surface area contributed by atoms with Crippen LogP contribution in [0.5, 0.6) is 23.0 Å². The van der Waals surface area contributed by atoms with Gasteiger partial charge in [-0.25, -0.2) is 9.40 Å². The second-order valence-electron chi connectivity index (χ2n) is 13.4. The van der Waals surface area contributed by atoms with E-state index in [0.717, 1.165) is 61.2 Å². The number of fused-ring (bicyclic) bond motifs is 1. The number of piperidine rings is 1. The number of likely N-dealkylation sites (tertiary alicyclic amines) is 1. The molecule has 2 aliphatic heterocycles.